The van der Waals surface area contributed by atoms with E-state index in [9.17, 15) is 14.4 Å². The van der Waals surface area contributed by atoms with Crippen LogP contribution in [-0.4, -0.2) is 18.5 Å². The zero-order valence-electron chi connectivity index (χ0n) is 17.2. The van der Waals surface area contributed by atoms with Gasteiger partial charge in [0.05, 0.1) is 0 Å². The van der Waals surface area contributed by atoms with Crippen molar-refractivity contribution in [2.45, 2.75) is 33.6 Å². The highest BCUT2D eigenvalue weighted by molar-refractivity contribution is 6.02. The molecule has 1 heterocycles. The van der Waals surface area contributed by atoms with Crippen LogP contribution in [0.5, 0.6) is 5.75 Å². The Morgan fingerprint density at radius 1 is 1.07 bits per heavy atom. The second kappa shape index (κ2) is 9.26. The van der Waals surface area contributed by atoms with E-state index in [0.29, 0.717) is 17.0 Å². The first-order valence-corrected chi connectivity index (χ1v) is 9.73. The summed E-state index contributed by atoms with van der Waals surface area (Å²) in [7, 11) is 0. The normalized spacial score (nSPS) is 10.6. The Morgan fingerprint density at radius 2 is 1.87 bits per heavy atom. The topological polar surface area (TPSA) is 97.6 Å². The molecule has 0 saturated heterocycles. The SMILES string of the molecule is CCCc1cc(=O)oc2cc(OCC(=O)NC(=O)Nc3ccc(C)cc3C)ccc12. The number of imide groups is 1. The molecule has 0 aliphatic heterocycles. The molecule has 0 aliphatic rings. The van der Waals surface area contributed by atoms with Gasteiger partial charge in [-0.3, -0.25) is 10.1 Å². The van der Waals surface area contributed by atoms with E-state index in [0.717, 1.165) is 34.9 Å². The van der Waals surface area contributed by atoms with Crippen molar-refractivity contribution in [1.29, 1.82) is 0 Å². The van der Waals surface area contributed by atoms with Crippen LogP contribution in [0.1, 0.15) is 30.0 Å². The van der Waals surface area contributed by atoms with Crippen molar-refractivity contribution < 1.29 is 18.7 Å². The van der Waals surface area contributed by atoms with E-state index in [4.69, 9.17) is 9.15 Å². The maximum Gasteiger partial charge on any atom is 0.336 e. The Balaban J connectivity index is 1.60. The van der Waals surface area contributed by atoms with E-state index in [1.165, 1.54) is 6.07 Å². The predicted molar refractivity (Wildman–Crippen MR) is 115 cm³/mol. The monoisotopic (exact) mass is 408 g/mol. The van der Waals surface area contributed by atoms with E-state index in [-0.39, 0.29) is 6.61 Å². The van der Waals surface area contributed by atoms with Crippen LogP contribution in [0.15, 0.2) is 51.7 Å². The highest BCUT2D eigenvalue weighted by atomic mass is 16.5. The fourth-order valence-electron chi connectivity index (χ4n) is 3.20. The molecule has 0 radical (unpaired) electrons. The fraction of sp³-hybridized carbons (Fsp3) is 0.261. The number of nitrogens with one attached hydrogen (secondary N) is 2. The average molecular weight is 408 g/mol. The number of benzene rings is 2. The number of urea groups is 1. The van der Waals surface area contributed by atoms with Crippen molar-refractivity contribution in [3.8, 4) is 5.75 Å². The molecule has 2 N–H and O–H groups in total. The third-order valence-electron chi connectivity index (χ3n) is 4.57. The van der Waals surface area contributed by atoms with Gasteiger partial charge in [0.15, 0.2) is 6.61 Å². The summed E-state index contributed by atoms with van der Waals surface area (Å²) in [5, 5.41) is 5.70. The van der Waals surface area contributed by atoms with Crippen molar-refractivity contribution in [3.63, 3.8) is 0 Å². The molecule has 0 bridgehead atoms. The minimum Gasteiger partial charge on any atom is -0.484 e. The van der Waals surface area contributed by atoms with Crippen molar-refractivity contribution in [3.05, 3.63) is 69.6 Å². The number of ether oxygens (including phenoxy) is 1. The number of amides is 3. The highest BCUT2D eigenvalue weighted by Crippen LogP contribution is 2.23. The molecule has 0 atom stereocenters. The molecule has 0 spiro atoms. The molecule has 156 valence electrons. The quantitative estimate of drug-likeness (QED) is 0.599. The summed E-state index contributed by atoms with van der Waals surface area (Å²) in [6.45, 7) is 5.51. The number of anilines is 1. The summed E-state index contributed by atoms with van der Waals surface area (Å²) in [5.74, 6) is -0.234. The molecule has 7 nitrogen and oxygen atoms in total. The second-order valence-electron chi connectivity index (χ2n) is 7.11. The van der Waals surface area contributed by atoms with Gasteiger partial charge in [0.25, 0.3) is 5.91 Å². The van der Waals surface area contributed by atoms with Crippen molar-refractivity contribution in [2.24, 2.45) is 0 Å². The predicted octanol–water partition coefficient (Wildman–Crippen LogP) is 4.09. The van der Waals surface area contributed by atoms with Gasteiger partial charge in [-0.05, 0) is 49.6 Å². The lowest BCUT2D eigenvalue weighted by Gasteiger charge is -2.11. The third kappa shape index (κ3) is 5.26. The first-order valence-electron chi connectivity index (χ1n) is 9.73. The average Bonchev–Trinajstić information content (AvgIpc) is 2.68. The van der Waals surface area contributed by atoms with Crippen molar-refractivity contribution in [1.82, 2.24) is 5.32 Å². The molecule has 0 saturated carbocycles. The Labute approximate surface area is 174 Å². The van der Waals surface area contributed by atoms with E-state index < -0.39 is 17.6 Å². The molecule has 0 unspecified atom stereocenters. The van der Waals surface area contributed by atoms with Crippen molar-refractivity contribution >= 4 is 28.6 Å². The maximum absolute atomic E-state index is 12.0. The van der Waals surface area contributed by atoms with E-state index in [2.05, 4.69) is 10.6 Å². The molecule has 1 aromatic heterocycles. The summed E-state index contributed by atoms with van der Waals surface area (Å²) < 4.78 is 10.7. The largest absolute Gasteiger partial charge is 0.484 e. The zero-order valence-corrected chi connectivity index (χ0v) is 17.2. The Bertz CT molecular complexity index is 1150. The Morgan fingerprint density at radius 3 is 2.60 bits per heavy atom. The van der Waals surface area contributed by atoms with Gasteiger partial charge in [0, 0.05) is 23.2 Å². The minimum absolute atomic E-state index is 0.356. The molecule has 2 aromatic carbocycles. The van der Waals surface area contributed by atoms with Gasteiger partial charge >= 0.3 is 11.7 Å². The van der Waals surface area contributed by atoms with Gasteiger partial charge in [-0.25, -0.2) is 9.59 Å². The number of fused-ring (bicyclic) bond motifs is 1. The van der Waals surface area contributed by atoms with Crippen LogP contribution in [0, 0.1) is 13.8 Å². The van der Waals surface area contributed by atoms with Gasteiger partial charge in [-0.15, -0.1) is 0 Å². The smallest absolute Gasteiger partial charge is 0.336 e. The fourth-order valence-corrected chi connectivity index (χ4v) is 3.20. The van der Waals surface area contributed by atoms with Crippen LogP contribution in [0.3, 0.4) is 0 Å². The number of aryl methyl sites for hydroxylation is 3. The molecule has 7 heteroatoms. The number of carbonyl (C=O) groups is 2. The van der Waals surface area contributed by atoms with Gasteiger partial charge in [-0.2, -0.15) is 0 Å². The van der Waals surface area contributed by atoms with Crippen LogP contribution in [0.25, 0.3) is 11.0 Å². The maximum atomic E-state index is 12.0. The number of rotatable bonds is 6. The van der Waals surface area contributed by atoms with E-state index in [1.807, 2.05) is 32.9 Å². The van der Waals surface area contributed by atoms with Gasteiger partial charge in [0.1, 0.15) is 11.3 Å². The lowest BCUT2D eigenvalue weighted by molar-refractivity contribution is -0.121. The standard InChI is InChI=1S/C23H24N2O5/c1-4-5-16-11-22(27)30-20-12-17(7-8-18(16)20)29-13-21(26)25-23(28)24-19-9-6-14(2)10-15(19)3/h6-12H,4-5,13H2,1-3H3,(H2,24,25,26,28). The summed E-state index contributed by atoms with van der Waals surface area (Å²) in [5.41, 5.74) is 3.49. The Kier molecular flexibility index (Phi) is 6.51. The first kappa shape index (κ1) is 21.1. The zero-order chi connectivity index (χ0) is 21.7. The molecule has 0 aliphatic carbocycles. The number of carbonyl (C=O) groups excluding carboxylic acids is 2. The van der Waals surface area contributed by atoms with Crippen LogP contribution < -0.4 is 21.0 Å². The summed E-state index contributed by atoms with van der Waals surface area (Å²) in [6, 6.07) is 11.5. The molecule has 3 aromatic rings. The number of hydrogen-bond acceptors (Lipinski definition) is 5. The molecule has 0 fully saturated rings. The third-order valence-corrected chi connectivity index (χ3v) is 4.57. The molecule has 30 heavy (non-hydrogen) atoms. The lowest BCUT2D eigenvalue weighted by Crippen LogP contribution is -2.37. The van der Waals surface area contributed by atoms with E-state index >= 15 is 0 Å². The molecule has 3 amide bonds. The second-order valence-corrected chi connectivity index (χ2v) is 7.11. The van der Waals surface area contributed by atoms with E-state index in [1.54, 1.807) is 24.3 Å². The summed E-state index contributed by atoms with van der Waals surface area (Å²) in [4.78, 5) is 35.8. The first-order chi connectivity index (χ1) is 14.4. The van der Waals surface area contributed by atoms with Crippen LogP contribution >= 0.6 is 0 Å². The van der Waals surface area contributed by atoms with Gasteiger partial charge < -0.3 is 14.5 Å². The van der Waals surface area contributed by atoms with Crippen molar-refractivity contribution in [2.75, 3.05) is 11.9 Å². The molecular weight excluding hydrogens is 384 g/mol. The molecular formula is C23H24N2O5. The minimum atomic E-state index is -0.635. The Hall–Kier alpha value is -3.61. The summed E-state index contributed by atoms with van der Waals surface area (Å²) >= 11 is 0. The van der Waals surface area contributed by atoms with Crippen LogP contribution in [0.4, 0.5) is 10.5 Å². The van der Waals surface area contributed by atoms with Crippen LogP contribution in [0.2, 0.25) is 0 Å². The highest BCUT2D eigenvalue weighted by Gasteiger charge is 2.11. The number of hydrogen-bond donors (Lipinski definition) is 2. The summed E-state index contributed by atoms with van der Waals surface area (Å²) in [6.07, 6.45) is 1.67. The van der Waals surface area contributed by atoms with Crippen LogP contribution in [-0.2, 0) is 11.2 Å². The lowest BCUT2D eigenvalue weighted by atomic mass is 10.1. The van der Waals surface area contributed by atoms with Gasteiger partial charge in [0.2, 0.25) is 0 Å². The van der Waals surface area contributed by atoms with Gasteiger partial charge in [-0.1, -0.05) is 31.0 Å². The molecule has 3 rings (SSSR count).